The molecule has 4 aromatic rings. The molecule has 3 aromatic carbocycles. The van der Waals surface area contributed by atoms with Crippen LogP contribution in [0.25, 0.3) is 11.0 Å². The van der Waals surface area contributed by atoms with Crippen molar-refractivity contribution in [2.45, 2.75) is 38.9 Å². The highest BCUT2D eigenvalue weighted by molar-refractivity contribution is 5.89. The highest BCUT2D eigenvalue weighted by atomic mass is 16.6. The molecule has 0 spiro atoms. The third-order valence-corrected chi connectivity index (χ3v) is 6.35. The maximum absolute atomic E-state index is 12.7. The maximum atomic E-state index is 12.7. The van der Waals surface area contributed by atoms with Crippen molar-refractivity contribution < 1.29 is 23.7 Å². The Kier molecular flexibility index (Phi) is 6.55. The van der Waals surface area contributed by atoms with Crippen LogP contribution in [0.1, 0.15) is 35.1 Å². The number of ether oxygens (including phenoxy) is 2. The summed E-state index contributed by atoms with van der Waals surface area (Å²) in [5.74, 6) is 0.889. The van der Waals surface area contributed by atoms with E-state index in [-0.39, 0.29) is 30.2 Å². The molecule has 0 saturated heterocycles. The molecule has 0 unspecified atom stereocenters. The number of hydrogen-bond donors (Lipinski definition) is 0. The molecule has 0 N–H and O–H groups in total. The SMILES string of the molecule is O=c1oc2cc(OCc3ccc([N+](=O)[O-])cc3)cc(OCc3ccc([N+](=O)[O-])cc3)c2c2c1CCCC2. The Morgan fingerprint density at radius 3 is 1.86 bits per heavy atom. The van der Waals surface area contributed by atoms with E-state index in [4.69, 9.17) is 13.9 Å². The summed E-state index contributed by atoms with van der Waals surface area (Å²) in [7, 11) is 0. The van der Waals surface area contributed by atoms with Crippen molar-refractivity contribution in [3.8, 4) is 11.5 Å². The molecule has 0 saturated carbocycles. The van der Waals surface area contributed by atoms with Gasteiger partial charge < -0.3 is 13.9 Å². The molecule has 0 fully saturated rings. The van der Waals surface area contributed by atoms with Gasteiger partial charge in [0.15, 0.2) is 0 Å². The third-order valence-electron chi connectivity index (χ3n) is 6.35. The summed E-state index contributed by atoms with van der Waals surface area (Å²) < 4.78 is 17.8. The maximum Gasteiger partial charge on any atom is 0.339 e. The normalized spacial score (nSPS) is 12.6. The lowest BCUT2D eigenvalue weighted by atomic mass is 9.90. The van der Waals surface area contributed by atoms with Gasteiger partial charge in [0.25, 0.3) is 11.4 Å². The quantitative estimate of drug-likeness (QED) is 0.171. The molecule has 1 aliphatic rings. The van der Waals surface area contributed by atoms with Crippen LogP contribution in [0.5, 0.6) is 11.5 Å². The van der Waals surface area contributed by atoms with E-state index < -0.39 is 9.85 Å². The minimum Gasteiger partial charge on any atom is -0.489 e. The monoisotopic (exact) mass is 502 g/mol. The van der Waals surface area contributed by atoms with Crippen molar-refractivity contribution in [2.75, 3.05) is 0 Å². The lowest BCUT2D eigenvalue weighted by molar-refractivity contribution is -0.385. The van der Waals surface area contributed by atoms with Crippen molar-refractivity contribution in [3.05, 3.63) is 114 Å². The molecule has 0 aliphatic heterocycles. The first-order valence-electron chi connectivity index (χ1n) is 11.7. The molecule has 0 atom stereocenters. The molecule has 188 valence electrons. The minimum absolute atomic E-state index is 0.00770. The highest BCUT2D eigenvalue weighted by Crippen LogP contribution is 2.37. The van der Waals surface area contributed by atoms with Crippen LogP contribution in [0.3, 0.4) is 0 Å². The zero-order chi connectivity index (χ0) is 25.9. The van der Waals surface area contributed by atoms with Gasteiger partial charge in [-0.2, -0.15) is 0 Å². The van der Waals surface area contributed by atoms with Crippen LogP contribution >= 0.6 is 0 Å². The van der Waals surface area contributed by atoms with Gasteiger partial charge in [-0.1, -0.05) is 0 Å². The molecule has 1 heterocycles. The van der Waals surface area contributed by atoms with Crippen LogP contribution in [0.4, 0.5) is 11.4 Å². The molecular weight excluding hydrogens is 480 g/mol. The van der Waals surface area contributed by atoms with Crippen LogP contribution in [0, 0.1) is 20.2 Å². The smallest absolute Gasteiger partial charge is 0.339 e. The lowest BCUT2D eigenvalue weighted by Crippen LogP contribution is -2.16. The molecule has 0 amide bonds. The van der Waals surface area contributed by atoms with E-state index in [9.17, 15) is 25.0 Å². The molecule has 10 heteroatoms. The molecule has 5 rings (SSSR count). The van der Waals surface area contributed by atoms with Crippen LogP contribution in [0.15, 0.2) is 69.9 Å². The molecule has 0 radical (unpaired) electrons. The molecule has 1 aliphatic carbocycles. The van der Waals surface area contributed by atoms with Gasteiger partial charge in [0.1, 0.15) is 30.3 Å². The van der Waals surface area contributed by atoms with E-state index in [1.807, 2.05) is 0 Å². The number of benzene rings is 3. The van der Waals surface area contributed by atoms with E-state index >= 15 is 0 Å². The standard InChI is InChI=1S/C27H22N2O8/c30-27-23-4-2-1-3-22(23)26-24(36-16-18-7-11-20(12-8-18)29(33)34)13-21(14-25(26)37-27)35-15-17-5-9-19(10-6-17)28(31)32/h5-14H,1-4,15-16H2. The fourth-order valence-corrected chi connectivity index (χ4v) is 4.46. The van der Waals surface area contributed by atoms with Crippen LogP contribution in [-0.4, -0.2) is 9.85 Å². The van der Waals surface area contributed by atoms with Gasteiger partial charge in [-0.15, -0.1) is 0 Å². The zero-order valence-electron chi connectivity index (χ0n) is 19.7. The first-order chi connectivity index (χ1) is 17.9. The minimum atomic E-state index is -0.467. The van der Waals surface area contributed by atoms with Gasteiger partial charge in [-0.05, 0) is 66.6 Å². The van der Waals surface area contributed by atoms with Gasteiger partial charge in [0, 0.05) is 42.0 Å². The zero-order valence-corrected chi connectivity index (χ0v) is 19.7. The van der Waals surface area contributed by atoms with Crippen molar-refractivity contribution in [1.82, 2.24) is 0 Å². The Balaban J connectivity index is 1.47. The summed E-state index contributed by atoms with van der Waals surface area (Å²) in [6.07, 6.45) is 3.24. The molecule has 37 heavy (non-hydrogen) atoms. The van der Waals surface area contributed by atoms with Gasteiger partial charge in [0.05, 0.1) is 15.2 Å². The van der Waals surface area contributed by atoms with Crippen molar-refractivity contribution >= 4 is 22.3 Å². The Hall–Kier alpha value is -4.73. The molecule has 1 aromatic heterocycles. The van der Waals surface area contributed by atoms with Crippen LogP contribution < -0.4 is 15.1 Å². The van der Waals surface area contributed by atoms with E-state index in [1.165, 1.54) is 24.3 Å². The molecule has 0 bridgehead atoms. The van der Waals surface area contributed by atoms with Crippen molar-refractivity contribution in [1.29, 1.82) is 0 Å². The van der Waals surface area contributed by atoms with Crippen molar-refractivity contribution in [3.63, 3.8) is 0 Å². The number of rotatable bonds is 8. The number of nitro benzene ring substituents is 2. The Bertz CT molecular complexity index is 1540. The predicted octanol–water partition coefficient (Wildman–Crippen LogP) is 5.65. The summed E-state index contributed by atoms with van der Waals surface area (Å²) in [4.78, 5) is 33.6. The topological polar surface area (TPSA) is 135 Å². The average molecular weight is 502 g/mol. The largest absolute Gasteiger partial charge is 0.489 e. The summed E-state index contributed by atoms with van der Waals surface area (Å²) in [6, 6.07) is 15.5. The second-order valence-electron chi connectivity index (χ2n) is 8.77. The van der Waals surface area contributed by atoms with E-state index in [2.05, 4.69) is 0 Å². The number of fused-ring (bicyclic) bond motifs is 3. The fraction of sp³-hybridized carbons (Fsp3) is 0.222. The third kappa shape index (κ3) is 5.13. The summed E-state index contributed by atoms with van der Waals surface area (Å²) >= 11 is 0. The Morgan fingerprint density at radius 1 is 0.757 bits per heavy atom. The fourth-order valence-electron chi connectivity index (χ4n) is 4.46. The summed E-state index contributed by atoms with van der Waals surface area (Å²) in [5.41, 5.74) is 3.01. The molecule has 10 nitrogen and oxygen atoms in total. The molecular formula is C27H22N2O8. The number of aryl methyl sites for hydroxylation is 1. The van der Waals surface area contributed by atoms with Gasteiger partial charge in [0.2, 0.25) is 0 Å². The second-order valence-corrected chi connectivity index (χ2v) is 8.77. The van der Waals surface area contributed by atoms with E-state index in [0.29, 0.717) is 29.1 Å². The van der Waals surface area contributed by atoms with E-state index in [0.717, 1.165) is 41.3 Å². The second kappa shape index (κ2) is 10.1. The number of nitrogens with zero attached hydrogens (tertiary/aromatic N) is 2. The van der Waals surface area contributed by atoms with Gasteiger partial charge in [-0.25, -0.2) is 4.79 Å². The Labute approximate surface area is 210 Å². The van der Waals surface area contributed by atoms with E-state index in [1.54, 1.807) is 36.4 Å². The Morgan fingerprint density at radius 2 is 1.30 bits per heavy atom. The first-order valence-corrected chi connectivity index (χ1v) is 11.7. The van der Waals surface area contributed by atoms with Gasteiger partial charge >= 0.3 is 5.63 Å². The average Bonchev–Trinajstić information content (AvgIpc) is 2.91. The number of hydrogen-bond acceptors (Lipinski definition) is 8. The van der Waals surface area contributed by atoms with Crippen LogP contribution in [-0.2, 0) is 26.1 Å². The predicted molar refractivity (Wildman–Crippen MR) is 134 cm³/mol. The van der Waals surface area contributed by atoms with Gasteiger partial charge in [-0.3, -0.25) is 20.2 Å². The lowest BCUT2D eigenvalue weighted by Gasteiger charge is -2.19. The first kappa shape index (κ1) is 24.0. The van der Waals surface area contributed by atoms with Crippen LogP contribution in [0.2, 0.25) is 0 Å². The number of nitro groups is 2. The summed E-state index contributed by atoms with van der Waals surface area (Å²) in [5, 5.41) is 22.6. The summed E-state index contributed by atoms with van der Waals surface area (Å²) in [6.45, 7) is 0.285. The number of non-ortho nitro benzene ring substituents is 2. The highest BCUT2D eigenvalue weighted by Gasteiger charge is 2.22. The van der Waals surface area contributed by atoms with Crippen molar-refractivity contribution in [2.24, 2.45) is 0 Å².